The van der Waals surface area contributed by atoms with Gasteiger partial charge >= 0.3 is 0 Å². The van der Waals surface area contributed by atoms with Gasteiger partial charge in [0, 0.05) is 6.04 Å². The molecule has 126 valence electrons. The fraction of sp³-hybridized carbons (Fsp3) is 0.471. The highest BCUT2D eigenvalue weighted by atomic mass is 35.5. The van der Waals surface area contributed by atoms with Crippen molar-refractivity contribution in [3.63, 3.8) is 0 Å². The standard InChI is InChI=1S/C17H18ClN3O2S/c18-13-4-2-1-3-12(13)16-20-21-17(23-16)24-9-14(22)19-15(10-5-6-10)11-7-8-11/h1-4,10-11,15H,5-9H2,(H,19,22). The number of nitrogens with one attached hydrogen (secondary N) is 1. The van der Waals surface area contributed by atoms with Crippen LogP contribution in [-0.4, -0.2) is 27.9 Å². The average Bonchev–Trinajstić information content (AvgIpc) is 3.50. The summed E-state index contributed by atoms with van der Waals surface area (Å²) in [5.41, 5.74) is 0.700. The van der Waals surface area contributed by atoms with Gasteiger partial charge in [-0.1, -0.05) is 35.5 Å². The first kappa shape index (κ1) is 16.0. The average molecular weight is 364 g/mol. The van der Waals surface area contributed by atoms with Crippen molar-refractivity contribution in [3.05, 3.63) is 29.3 Å². The van der Waals surface area contributed by atoms with E-state index in [1.807, 2.05) is 18.2 Å². The van der Waals surface area contributed by atoms with E-state index >= 15 is 0 Å². The summed E-state index contributed by atoms with van der Waals surface area (Å²) in [5.74, 6) is 2.10. The van der Waals surface area contributed by atoms with Gasteiger partial charge in [0.25, 0.3) is 5.22 Å². The van der Waals surface area contributed by atoms with Crippen LogP contribution in [0, 0.1) is 11.8 Å². The zero-order valence-corrected chi connectivity index (χ0v) is 14.6. The molecular formula is C17H18ClN3O2S. The summed E-state index contributed by atoms with van der Waals surface area (Å²) in [6.45, 7) is 0. The van der Waals surface area contributed by atoms with E-state index in [0.717, 1.165) is 0 Å². The molecule has 1 heterocycles. The van der Waals surface area contributed by atoms with Gasteiger partial charge in [0.2, 0.25) is 11.8 Å². The number of halogens is 1. The van der Waals surface area contributed by atoms with Crippen LogP contribution < -0.4 is 5.32 Å². The van der Waals surface area contributed by atoms with Crippen LogP contribution in [0.25, 0.3) is 11.5 Å². The Morgan fingerprint density at radius 2 is 1.96 bits per heavy atom. The van der Waals surface area contributed by atoms with E-state index in [1.54, 1.807) is 6.07 Å². The van der Waals surface area contributed by atoms with E-state index in [1.165, 1.54) is 37.4 Å². The Hall–Kier alpha value is -1.53. The number of carbonyl (C=O) groups is 1. The molecular weight excluding hydrogens is 346 g/mol. The molecule has 0 aliphatic heterocycles. The lowest BCUT2D eigenvalue weighted by molar-refractivity contribution is -0.119. The summed E-state index contributed by atoms with van der Waals surface area (Å²) in [6, 6.07) is 7.68. The largest absolute Gasteiger partial charge is 0.411 e. The summed E-state index contributed by atoms with van der Waals surface area (Å²) >= 11 is 7.39. The van der Waals surface area contributed by atoms with Gasteiger partial charge in [-0.2, -0.15) is 0 Å². The number of benzene rings is 1. The smallest absolute Gasteiger partial charge is 0.277 e. The molecule has 0 unspecified atom stereocenters. The molecule has 0 bridgehead atoms. The van der Waals surface area contributed by atoms with Gasteiger partial charge in [-0.25, -0.2) is 0 Å². The Bertz CT molecular complexity index is 731. The van der Waals surface area contributed by atoms with Crippen molar-refractivity contribution in [2.45, 2.75) is 36.9 Å². The van der Waals surface area contributed by atoms with Crippen molar-refractivity contribution >= 4 is 29.3 Å². The summed E-state index contributed by atoms with van der Waals surface area (Å²) in [7, 11) is 0. The lowest BCUT2D eigenvalue weighted by atomic mass is 10.1. The lowest BCUT2D eigenvalue weighted by Crippen LogP contribution is -2.39. The Balaban J connectivity index is 1.33. The number of amides is 1. The molecule has 2 aromatic rings. The van der Waals surface area contributed by atoms with E-state index in [9.17, 15) is 4.79 Å². The minimum Gasteiger partial charge on any atom is -0.411 e. The van der Waals surface area contributed by atoms with E-state index in [-0.39, 0.29) is 5.91 Å². The third kappa shape index (κ3) is 3.75. The summed E-state index contributed by atoms with van der Waals surface area (Å²) < 4.78 is 5.60. The predicted octanol–water partition coefficient (Wildman–Crippen LogP) is 3.79. The van der Waals surface area contributed by atoms with Gasteiger partial charge in [0.1, 0.15) is 0 Å². The maximum atomic E-state index is 12.2. The van der Waals surface area contributed by atoms with Gasteiger partial charge in [-0.05, 0) is 49.7 Å². The lowest BCUT2D eigenvalue weighted by Gasteiger charge is -2.17. The molecule has 0 saturated heterocycles. The van der Waals surface area contributed by atoms with Crippen LogP contribution in [0.3, 0.4) is 0 Å². The van der Waals surface area contributed by atoms with E-state index < -0.39 is 0 Å². The first-order valence-electron chi connectivity index (χ1n) is 8.21. The van der Waals surface area contributed by atoms with Crippen LogP contribution in [-0.2, 0) is 4.79 Å². The molecule has 1 amide bonds. The molecule has 1 aromatic heterocycles. The van der Waals surface area contributed by atoms with E-state index in [4.69, 9.17) is 16.0 Å². The fourth-order valence-corrected chi connectivity index (χ4v) is 3.69. The second-order valence-electron chi connectivity index (χ2n) is 6.41. The van der Waals surface area contributed by atoms with Crippen molar-refractivity contribution in [2.24, 2.45) is 11.8 Å². The summed E-state index contributed by atoms with van der Waals surface area (Å²) in [5, 5.41) is 12.1. The molecule has 1 N–H and O–H groups in total. The number of thioether (sulfide) groups is 1. The van der Waals surface area contributed by atoms with Crippen LogP contribution in [0.5, 0.6) is 0 Å². The molecule has 7 heteroatoms. The van der Waals surface area contributed by atoms with Gasteiger partial charge in [-0.15, -0.1) is 10.2 Å². The summed E-state index contributed by atoms with van der Waals surface area (Å²) in [6.07, 6.45) is 5.00. The highest BCUT2D eigenvalue weighted by Gasteiger charge is 2.42. The monoisotopic (exact) mass is 363 g/mol. The number of carbonyl (C=O) groups excluding carboxylic acids is 1. The molecule has 0 atom stereocenters. The first-order valence-corrected chi connectivity index (χ1v) is 9.57. The first-order chi connectivity index (χ1) is 11.7. The molecule has 2 saturated carbocycles. The molecule has 5 nitrogen and oxygen atoms in total. The van der Waals surface area contributed by atoms with Crippen molar-refractivity contribution in [1.29, 1.82) is 0 Å². The van der Waals surface area contributed by atoms with Crippen molar-refractivity contribution in [3.8, 4) is 11.5 Å². The zero-order valence-electron chi connectivity index (χ0n) is 13.1. The van der Waals surface area contributed by atoms with Crippen molar-refractivity contribution in [1.82, 2.24) is 15.5 Å². The minimum atomic E-state index is 0.0429. The van der Waals surface area contributed by atoms with Crippen molar-refractivity contribution < 1.29 is 9.21 Å². The van der Waals surface area contributed by atoms with Crippen LogP contribution in [0.4, 0.5) is 0 Å². The normalized spacial score (nSPS) is 17.2. The Kier molecular flexibility index (Phi) is 4.50. The van der Waals surface area contributed by atoms with Gasteiger partial charge in [0.05, 0.1) is 16.3 Å². The highest BCUT2D eigenvalue weighted by Crippen LogP contribution is 2.44. The molecule has 2 aliphatic rings. The molecule has 2 aliphatic carbocycles. The van der Waals surface area contributed by atoms with Crippen LogP contribution in [0.1, 0.15) is 25.7 Å². The number of hydrogen-bond donors (Lipinski definition) is 1. The predicted molar refractivity (Wildman–Crippen MR) is 92.8 cm³/mol. The SMILES string of the molecule is O=C(CSc1nnc(-c2ccccc2Cl)o1)NC(C1CC1)C1CC1. The van der Waals surface area contributed by atoms with E-state index in [0.29, 0.717) is 45.3 Å². The quantitative estimate of drug-likeness (QED) is 0.758. The summed E-state index contributed by atoms with van der Waals surface area (Å²) in [4.78, 5) is 12.2. The van der Waals surface area contributed by atoms with Crippen LogP contribution in [0.2, 0.25) is 5.02 Å². The Morgan fingerprint density at radius 1 is 1.25 bits per heavy atom. The number of aromatic nitrogens is 2. The highest BCUT2D eigenvalue weighted by molar-refractivity contribution is 7.99. The molecule has 4 rings (SSSR count). The van der Waals surface area contributed by atoms with Gasteiger partial charge in [0.15, 0.2) is 0 Å². The zero-order chi connectivity index (χ0) is 16.5. The maximum Gasteiger partial charge on any atom is 0.277 e. The Labute approximate surface area is 149 Å². The molecule has 1 aromatic carbocycles. The minimum absolute atomic E-state index is 0.0429. The number of hydrogen-bond acceptors (Lipinski definition) is 5. The molecule has 0 spiro atoms. The molecule has 2 fully saturated rings. The number of rotatable bonds is 7. The second-order valence-corrected chi connectivity index (χ2v) is 7.74. The number of nitrogens with zero attached hydrogens (tertiary/aromatic N) is 2. The van der Waals surface area contributed by atoms with Crippen LogP contribution >= 0.6 is 23.4 Å². The third-order valence-corrected chi connectivity index (χ3v) is 5.57. The van der Waals surface area contributed by atoms with Crippen LogP contribution in [0.15, 0.2) is 33.9 Å². The topological polar surface area (TPSA) is 68.0 Å². The van der Waals surface area contributed by atoms with Gasteiger partial charge < -0.3 is 9.73 Å². The third-order valence-electron chi connectivity index (χ3n) is 4.42. The van der Waals surface area contributed by atoms with Gasteiger partial charge in [-0.3, -0.25) is 4.79 Å². The van der Waals surface area contributed by atoms with Crippen molar-refractivity contribution in [2.75, 3.05) is 5.75 Å². The second kappa shape index (κ2) is 6.76. The maximum absolute atomic E-state index is 12.2. The molecule has 0 radical (unpaired) electrons. The Morgan fingerprint density at radius 3 is 2.62 bits per heavy atom. The molecule has 24 heavy (non-hydrogen) atoms. The fourth-order valence-electron chi connectivity index (χ4n) is 2.90. The van der Waals surface area contributed by atoms with E-state index in [2.05, 4.69) is 15.5 Å².